The van der Waals surface area contributed by atoms with E-state index in [1.54, 1.807) is 0 Å². The third-order valence-electron chi connectivity index (χ3n) is 2.18. The lowest BCUT2D eigenvalue weighted by Crippen LogP contribution is -1.92. The predicted molar refractivity (Wildman–Crippen MR) is 55.1 cm³/mol. The van der Waals surface area contributed by atoms with Crippen molar-refractivity contribution >= 4 is 16.8 Å². The largest absolute Gasteiger partial charge is 0.281 e. The fourth-order valence-corrected chi connectivity index (χ4v) is 1.30. The van der Waals surface area contributed by atoms with E-state index in [0.29, 0.717) is 6.42 Å². The second-order valence-corrected chi connectivity index (χ2v) is 3.70. The molecule has 13 heavy (non-hydrogen) atoms. The summed E-state index contributed by atoms with van der Waals surface area (Å²) in [6.07, 6.45) is 1.16. The Kier molecular flexibility index (Phi) is 3.49. The zero-order valence-corrected chi connectivity index (χ0v) is 8.69. The summed E-state index contributed by atoms with van der Waals surface area (Å²) in [5.41, 5.74) is 3.72. The van der Waals surface area contributed by atoms with Crippen LogP contribution in [0.25, 0.3) is 0 Å². The summed E-state index contributed by atoms with van der Waals surface area (Å²) in [5, 5.41) is -0.266. The first kappa shape index (κ1) is 10.3. The average Bonchev–Trinajstić information content (AvgIpc) is 2.07. The summed E-state index contributed by atoms with van der Waals surface area (Å²) in [5.74, 6) is 0. The lowest BCUT2D eigenvalue weighted by atomic mass is 10.0. The maximum atomic E-state index is 10.5. The number of carbonyl (C=O) groups excluding carboxylic acids is 1. The molecule has 0 aliphatic heterocycles. The summed E-state index contributed by atoms with van der Waals surface area (Å²) in [6, 6.07) is 6.22. The summed E-state index contributed by atoms with van der Waals surface area (Å²) in [7, 11) is 0. The molecule has 1 aromatic rings. The molecule has 1 nitrogen and oxygen atoms in total. The van der Waals surface area contributed by atoms with E-state index in [9.17, 15) is 4.79 Å². The molecule has 0 aromatic heterocycles. The molecule has 0 radical (unpaired) electrons. The summed E-state index contributed by atoms with van der Waals surface area (Å²) < 4.78 is 0. The van der Waals surface area contributed by atoms with Gasteiger partial charge in [0.15, 0.2) is 0 Å². The molecule has 2 heteroatoms. The summed E-state index contributed by atoms with van der Waals surface area (Å²) in [4.78, 5) is 10.5. The number of hydrogen-bond acceptors (Lipinski definition) is 1. The van der Waals surface area contributed by atoms with Crippen molar-refractivity contribution in [1.29, 1.82) is 0 Å². The molecule has 0 amide bonds. The Labute approximate surface area is 83.7 Å². The van der Waals surface area contributed by atoms with Crippen molar-refractivity contribution in [2.24, 2.45) is 0 Å². The van der Waals surface area contributed by atoms with E-state index in [-0.39, 0.29) is 5.24 Å². The van der Waals surface area contributed by atoms with Crippen molar-refractivity contribution in [1.82, 2.24) is 0 Å². The SMILES string of the molecule is Cc1ccc(CCC(=O)Cl)cc1C. The molecule has 70 valence electrons. The summed E-state index contributed by atoms with van der Waals surface area (Å²) >= 11 is 5.26. The van der Waals surface area contributed by atoms with Gasteiger partial charge in [0.25, 0.3) is 0 Å². The topological polar surface area (TPSA) is 17.1 Å². The molecule has 0 spiro atoms. The van der Waals surface area contributed by atoms with Crippen LogP contribution in [0.1, 0.15) is 23.1 Å². The van der Waals surface area contributed by atoms with Crippen LogP contribution in [0, 0.1) is 13.8 Å². The maximum Gasteiger partial charge on any atom is 0.221 e. The Balaban J connectivity index is 2.68. The van der Waals surface area contributed by atoms with Gasteiger partial charge in [-0.25, -0.2) is 0 Å². The first-order valence-corrected chi connectivity index (χ1v) is 4.72. The van der Waals surface area contributed by atoms with Crippen LogP contribution in [0.2, 0.25) is 0 Å². The van der Waals surface area contributed by atoms with Crippen LogP contribution in [0.4, 0.5) is 0 Å². The first-order chi connectivity index (χ1) is 6.09. The smallest absolute Gasteiger partial charge is 0.221 e. The van der Waals surface area contributed by atoms with Gasteiger partial charge >= 0.3 is 0 Å². The number of benzene rings is 1. The third kappa shape index (κ3) is 3.19. The average molecular weight is 197 g/mol. The molecule has 1 rings (SSSR count). The fraction of sp³-hybridized carbons (Fsp3) is 0.364. The highest BCUT2D eigenvalue weighted by Gasteiger charge is 1.99. The number of aryl methyl sites for hydroxylation is 3. The molecule has 0 heterocycles. The molecule has 0 aliphatic carbocycles. The standard InChI is InChI=1S/C11H13ClO/c1-8-3-4-10(7-9(8)2)5-6-11(12)13/h3-4,7H,5-6H2,1-2H3. The molecule has 0 saturated carbocycles. The van der Waals surface area contributed by atoms with Gasteiger partial charge in [-0.15, -0.1) is 0 Å². The van der Waals surface area contributed by atoms with E-state index >= 15 is 0 Å². The van der Waals surface area contributed by atoms with Crippen molar-refractivity contribution in [2.45, 2.75) is 26.7 Å². The lowest BCUT2D eigenvalue weighted by Gasteiger charge is -2.03. The van der Waals surface area contributed by atoms with E-state index in [2.05, 4.69) is 26.0 Å². The van der Waals surface area contributed by atoms with Gasteiger partial charge in [-0.3, -0.25) is 4.79 Å². The molecule has 0 saturated heterocycles. The van der Waals surface area contributed by atoms with Crippen molar-refractivity contribution in [3.05, 3.63) is 34.9 Å². The van der Waals surface area contributed by atoms with Gasteiger partial charge < -0.3 is 0 Å². The summed E-state index contributed by atoms with van der Waals surface area (Å²) in [6.45, 7) is 4.15. The third-order valence-corrected chi connectivity index (χ3v) is 2.37. The molecule has 1 aromatic carbocycles. The number of carbonyl (C=O) groups is 1. The molecule has 0 atom stereocenters. The molecule has 0 bridgehead atoms. The Hall–Kier alpha value is -0.820. The van der Waals surface area contributed by atoms with Gasteiger partial charge in [0.2, 0.25) is 5.24 Å². The highest BCUT2D eigenvalue weighted by atomic mass is 35.5. The van der Waals surface area contributed by atoms with Gasteiger partial charge in [-0.1, -0.05) is 18.2 Å². The predicted octanol–water partition coefficient (Wildman–Crippen LogP) is 3.00. The highest BCUT2D eigenvalue weighted by Crippen LogP contribution is 2.11. The molecule has 0 unspecified atom stereocenters. The maximum absolute atomic E-state index is 10.5. The second kappa shape index (κ2) is 4.43. The quantitative estimate of drug-likeness (QED) is 0.680. The van der Waals surface area contributed by atoms with Crippen LogP contribution in [0.5, 0.6) is 0 Å². The van der Waals surface area contributed by atoms with E-state index in [1.807, 2.05) is 6.07 Å². The number of rotatable bonds is 3. The minimum absolute atomic E-state index is 0.266. The minimum Gasteiger partial charge on any atom is -0.281 e. The Morgan fingerprint density at radius 3 is 2.54 bits per heavy atom. The van der Waals surface area contributed by atoms with Gasteiger partial charge in [-0.05, 0) is 48.6 Å². The van der Waals surface area contributed by atoms with Crippen LogP contribution in [-0.4, -0.2) is 5.24 Å². The molecule has 0 aliphatic rings. The zero-order chi connectivity index (χ0) is 9.84. The van der Waals surface area contributed by atoms with E-state index in [4.69, 9.17) is 11.6 Å². The van der Waals surface area contributed by atoms with Crippen LogP contribution in [0.3, 0.4) is 0 Å². The number of hydrogen-bond donors (Lipinski definition) is 0. The minimum atomic E-state index is -0.266. The van der Waals surface area contributed by atoms with Crippen molar-refractivity contribution < 1.29 is 4.79 Å². The molecular formula is C11H13ClO. The van der Waals surface area contributed by atoms with Gasteiger partial charge in [0, 0.05) is 6.42 Å². The van der Waals surface area contributed by atoms with Crippen LogP contribution in [0.15, 0.2) is 18.2 Å². The molecule has 0 N–H and O–H groups in total. The molecular weight excluding hydrogens is 184 g/mol. The Morgan fingerprint density at radius 1 is 1.31 bits per heavy atom. The Morgan fingerprint density at radius 2 is 2.00 bits per heavy atom. The van der Waals surface area contributed by atoms with Crippen LogP contribution >= 0.6 is 11.6 Å². The van der Waals surface area contributed by atoms with Gasteiger partial charge in [-0.2, -0.15) is 0 Å². The lowest BCUT2D eigenvalue weighted by molar-refractivity contribution is -0.111. The van der Waals surface area contributed by atoms with Crippen molar-refractivity contribution in [3.63, 3.8) is 0 Å². The second-order valence-electron chi connectivity index (χ2n) is 3.27. The fourth-order valence-electron chi connectivity index (χ4n) is 1.20. The van der Waals surface area contributed by atoms with Gasteiger partial charge in [0.05, 0.1) is 0 Å². The van der Waals surface area contributed by atoms with Crippen LogP contribution in [-0.2, 0) is 11.2 Å². The van der Waals surface area contributed by atoms with Crippen molar-refractivity contribution in [3.8, 4) is 0 Å². The van der Waals surface area contributed by atoms with Crippen molar-refractivity contribution in [2.75, 3.05) is 0 Å². The van der Waals surface area contributed by atoms with E-state index < -0.39 is 0 Å². The van der Waals surface area contributed by atoms with E-state index in [1.165, 1.54) is 16.7 Å². The van der Waals surface area contributed by atoms with Gasteiger partial charge in [0.1, 0.15) is 0 Å². The normalized spacial score (nSPS) is 10.1. The molecule has 0 fully saturated rings. The van der Waals surface area contributed by atoms with Crippen LogP contribution < -0.4 is 0 Å². The monoisotopic (exact) mass is 196 g/mol. The highest BCUT2D eigenvalue weighted by molar-refractivity contribution is 6.63. The number of halogens is 1. The first-order valence-electron chi connectivity index (χ1n) is 4.34. The zero-order valence-electron chi connectivity index (χ0n) is 7.93. The Bertz CT molecular complexity index is 318. The van der Waals surface area contributed by atoms with E-state index in [0.717, 1.165) is 6.42 Å².